The first-order valence-corrected chi connectivity index (χ1v) is 6.51. The third-order valence-corrected chi connectivity index (χ3v) is 4.41. The van der Waals surface area contributed by atoms with Crippen molar-refractivity contribution >= 4 is 0 Å². The summed E-state index contributed by atoms with van der Waals surface area (Å²) in [6, 6.07) is 8.35. The second-order valence-electron chi connectivity index (χ2n) is 5.39. The van der Waals surface area contributed by atoms with E-state index in [9.17, 15) is 5.11 Å². The van der Waals surface area contributed by atoms with Crippen molar-refractivity contribution < 1.29 is 5.11 Å². The van der Waals surface area contributed by atoms with Crippen molar-refractivity contribution in [1.82, 2.24) is 4.90 Å². The lowest BCUT2D eigenvalue weighted by atomic mass is 9.77. The summed E-state index contributed by atoms with van der Waals surface area (Å²) < 4.78 is 0. The molecule has 3 fully saturated rings. The van der Waals surface area contributed by atoms with E-state index in [1.165, 1.54) is 31.5 Å². The van der Waals surface area contributed by atoms with Crippen LogP contribution in [0, 0.1) is 5.92 Å². The van der Waals surface area contributed by atoms with Gasteiger partial charge in [-0.3, -0.25) is 4.90 Å². The number of aromatic hydroxyl groups is 1. The fourth-order valence-electron chi connectivity index (χ4n) is 3.33. The van der Waals surface area contributed by atoms with Crippen LogP contribution in [0.5, 0.6) is 5.75 Å². The number of hydrogen-bond donors (Lipinski definition) is 2. The Morgan fingerprint density at radius 1 is 1.18 bits per heavy atom. The molecular formula is C14H20N2O. The van der Waals surface area contributed by atoms with E-state index in [1.807, 2.05) is 12.1 Å². The van der Waals surface area contributed by atoms with E-state index in [0.717, 1.165) is 12.3 Å². The summed E-state index contributed by atoms with van der Waals surface area (Å²) in [5.74, 6) is 1.06. The zero-order chi connectivity index (χ0) is 11.8. The highest BCUT2D eigenvalue weighted by Crippen LogP contribution is 2.32. The molecule has 2 unspecified atom stereocenters. The average Bonchev–Trinajstić information content (AvgIpc) is 2.37. The van der Waals surface area contributed by atoms with E-state index in [-0.39, 0.29) is 0 Å². The molecule has 0 aromatic heterocycles. The van der Waals surface area contributed by atoms with Crippen molar-refractivity contribution in [2.75, 3.05) is 13.1 Å². The number of nitrogens with two attached hydrogens (primary N) is 1. The number of phenols is 1. The van der Waals surface area contributed by atoms with Gasteiger partial charge in [-0.1, -0.05) is 12.1 Å². The number of hydrogen-bond acceptors (Lipinski definition) is 3. The zero-order valence-electron chi connectivity index (χ0n) is 10.0. The predicted molar refractivity (Wildman–Crippen MR) is 67.9 cm³/mol. The fourth-order valence-corrected chi connectivity index (χ4v) is 3.33. The molecule has 3 aliphatic rings. The topological polar surface area (TPSA) is 49.5 Å². The van der Waals surface area contributed by atoms with E-state index < -0.39 is 0 Å². The number of benzene rings is 1. The Kier molecular flexibility index (Phi) is 2.81. The molecule has 17 heavy (non-hydrogen) atoms. The lowest BCUT2D eigenvalue weighted by molar-refractivity contribution is 0.0288. The molecule has 3 aliphatic heterocycles. The first-order valence-electron chi connectivity index (χ1n) is 6.51. The molecule has 0 saturated carbocycles. The normalized spacial score (nSPS) is 36.1. The summed E-state index contributed by atoms with van der Waals surface area (Å²) in [5.41, 5.74) is 7.62. The number of nitrogens with zero attached hydrogens (tertiary/aromatic N) is 1. The van der Waals surface area contributed by atoms with E-state index in [4.69, 9.17) is 5.73 Å². The Balaban J connectivity index is 1.74. The highest BCUT2D eigenvalue weighted by molar-refractivity contribution is 5.27. The first-order chi connectivity index (χ1) is 8.24. The fraction of sp³-hybridized carbons (Fsp3) is 0.571. The Morgan fingerprint density at radius 3 is 2.41 bits per heavy atom. The van der Waals surface area contributed by atoms with Gasteiger partial charge in [0.1, 0.15) is 5.75 Å². The van der Waals surface area contributed by atoms with Crippen LogP contribution >= 0.6 is 0 Å². The summed E-state index contributed by atoms with van der Waals surface area (Å²) >= 11 is 0. The molecule has 1 aromatic rings. The molecule has 3 heteroatoms. The highest BCUT2D eigenvalue weighted by atomic mass is 16.3. The summed E-state index contributed by atoms with van der Waals surface area (Å²) in [6.45, 7) is 2.42. The van der Waals surface area contributed by atoms with Gasteiger partial charge in [0.05, 0.1) is 0 Å². The molecule has 3 saturated heterocycles. The van der Waals surface area contributed by atoms with Crippen molar-refractivity contribution in [3.05, 3.63) is 29.8 Å². The molecular weight excluding hydrogens is 212 g/mol. The van der Waals surface area contributed by atoms with Gasteiger partial charge >= 0.3 is 0 Å². The molecule has 0 amide bonds. The van der Waals surface area contributed by atoms with Crippen LogP contribution in [-0.4, -0.2) is 35.2 Å². The molecule has 2 bridgehead atoms. The van der Waals surface area contributed by atoms with Gasteiger partial charge in [-0.15, -0.1) is 0 Å². The number of phenolic OH excluding ortho intramolecular Hbond substituents is 1. The third-order valence-electron chi connectivity index (χ3n) is 4.41. The van der Waals surface area contributed by atoms with Gasteiger partial charge in [0, 0.05) is 12.1 Å². The van der Waals surface area contributed by atoms with Crippen LogP contribution in [0.1, 0.15) is 18.4 Å². The van der Waals surface area contributed by atoms with Crippen molar-refractivity contribution in [3.63, 3.8) is 0 Å². The van der Waals surface area contributed by atoms with Gasteiger partial charge in [-0.2, -0.15) is 0 Å². The molecule has 1 aromatic carbocycles. The van der Waals surface area contributed by atoms with E-state index >= 15 is 0 Å². The third kappa shape index (κ3) is 2.05. The Bertz CT molecular complexity index is 380. The van der Waals surface area contributed by atoms with Gasteiger partial charge in [0.15, 0.2) is 0 Å². The average molecular weight is 232 g/mol. The summed E-state index contributed by atoms with van der Waals surface area (Å²) in [6.07, 6.45) is 3.55. The predicted octanol–water partition coefficient (Wildman–Crippen LogP) is 1.36. The SMILES string of the molecule is NC1C2CCN(CC2)C1Cc1ccc(O)cc1. The second-order valence-corrected chi connectivity index (χ2v) is 5.39. The molecule has 0 radical (unpaired) electrons. The summed E-state index contributed by atoms with van der Waals surface area (Å²) in [5, 5.41) is 9.28. The van der Waals surface area contributed by atoms with Gasteiger partial charge < -0.3 is 10.8 Å². The Morgan fingerprint density at radius 2 is 1.82 bits per heavy atom. The minimum atomic E-state index is 0.325. The molecule has 92 valence electrons. The largest absolute Gasteiger partial charge is 0.508 e. The van der Waals surface area contributed by atoms with Crippen LogP contribution in [0.15, 0.2) is 24.3 Å². The maximum atomic E-state index is 9.28. The molecule has 0 aliphatic carbocycles. The van der Waals surface area contributed by atoms with E-state index in [0.29, 0.717) is 17.8 Å². The van der Waals surface area contributed by atoms with Crippen LogP contribution in [0.25, 0.3) is 0 Å². The lowest BCUT2D eigenvalue weighted by Gasteiger charge is -2.49. The van der Waals surface area contributed by atoms with Gasteiger partial charge in [0.2, 0.25) is 0 Å². The Hall–Kier alpha value is -1.06. The van der Waals surface area contributed by atoms with Gasteiger partial charge in [0.25, 0.3) is 0 Å². The van der Waals surface area contributed by atoms with Gasteiger partial charge in [-0.25, -0.2) is 0 Å². The van der Waals surface area contributed by atoms with Crippen molar-refractivity contribution in [2.45, 2.75) is 31.3 Å². The minimum Gasteiger partial charge on any atom is -0.508 e. The number of fused-ring (bicyclic) bond motifs is 3. The van der Waals surface area contributed by atoms with Crippen molar-refractivity contribution in [1.29, 1.82) is 0 Å². The van der Waals surface area contributed by atoms with E-state index in [2.05, 4.69) is 4.90 Å². The molecule has 3 nitrogen and oxygen atoms in total. The first kappa shape index (κ1) is 11.1. The maximum absolute atomic E-state index is 9.28. The minimum absolute atomic E-state index is 0.325. The quantitative estimate of drug-likeness (QED) is 0.809. The molecule has 3 N–H and O–H groups in total. The number of rotatable bonds is 2. The van der Waals surface area contributed by atoms with Crippen LogP contribution in [0.2, 0.25) is 0 Å². The Labute approximate surface area is 102 Å². The summed E-state index contributed by atoms with van der Waals surface area (Å²) in [7, 11) is 0. The van der Waals surface area contributed by atoms with Crippen LogP contribution in [-0.2, 0) is 6.42 Å². The molecule has 3 heterocycles. The standard InChI is InChI=1S/C14H20N2O/c15-14-11-5-7-16(8-6-11)13(14)9-10-1-3-12(17)4-2-10/h1-4,11,13-14,17H,5-9,15H2. The number of piperidine rings is 3. The highest BCUT2D eigenvalue weighted by Gasteiger charge is 2.39. The van der Waals surface area contributed by atoms with Crippen LogP contribution in [0.4, 0.5) is 0 Å². The molecule has 0 spiro atoms. The zero-order valence-corrected chi connectivity index (χ0v) is 10.0. The molecule has 2 atom stereocenters. The second kappa shape index (κ2) is 4.31. The smallest absolute Gasteiger partial charge is 0.115 e. The summed E-state index contributed by atoms with van der Waals surface area (Å²) in [4.78, 5) is 2.54. The van der Waals surface area contributed by atoms with Gasteiger partial charge in [-0.05, 0) is 56.0 Å². The van der Waals surface area contributed by atoms with Crippen LogP contribution in [0.3, 0.4) is 0 Å². The monoisotopic (exact) mass is 232 g/mol. The lowest BCUT2D eigenvalue weighted by Crippen LogP contribution is -2.61. The van der Waals surface area contributed by atoms with Crippen LogP contribution < -0.4 is 5.73 Å². The maximum Gasteiger partial charge on any atom is 0.115 e. The van der Waals surface area contributed by atoms with E-state index in [1.54, 1.807) is 12.1 Å². The van der Waals surface area contributed by atoms with Crippen molar-refractivity contribution in [3.8, 4) is 5.75 Å². The van der Waals surface area contributed by atoms with Crippen molar-refractivity contribution in [2.24, 2.45) is 11.7 Å². The molecule has 4 rings (SSSR count).